The number of hydrogen-bond donors (Lipinski definition) is 0. The van der Waals surface area contributed by atoms with Crippen molar-refractivity contribution in [3.05, 3.63) is 63.8 Å². The first-order valence-electron chi connectivity index (χ1n) is 7.74. The minimum absolute atomic E-state index is 0.148. The first kappa shape index (κ1) is 16.0. The van der Waals surface area contributed by atoms with Crippen LogP contribution >= 0.6 is 0 Å². The van der Waals surface area contributed by atoms with Gasteiger partial charge in [-0.2, -0.15) is 0 Å². The van der Waals surface area contributed by atoms with Gasteiger partial charge < -0.3 is 9.15 Å². The molecule has 0 bridgehead atoms. The Morgan fingerprint density at radius 1 is 1.08 bits per heavy atom. The van der Waals surface area contributed by atoms with Gasteiger partial charge in [0.15, 0.2) is 11.4 Å². The summed E-state index contributed by atoms with van der Waals surface area (Å²) in [5.41, 5.74) is 2.01. The molecule has 0 N–H and O–H groups in total. The summed E-state index contributed by atoms with van der Waals surface area (Å²) in [7, 11) is 0. The number of carbonyl (C=O) groups excluding carboxylic acids is 1. The van der Waals surface area contributed by atoms with Crippen molar-refractivity contribution in [2.45, 2.75) is 20.8 Å². The molecule has 4 nitrogen and oxygen atoms in total. The summed E-state index contributed by atoms with van der Waals surface area (Å²) in [6.45, 7) is 5.74. The Bertz CT molecular complexity index is 1020. The summed E-state index contributed by atoms with van der Waals surface area (Å²) in [5.74, 6) is 0.220. The Morgan fingerprint density at radius 3 is 2.54 bits per heavy atom. The van der Waals surface area contributed by atoms with Crippen molar-refractivity contribution in [3.63, 3.8) is 0 Å². The van der Waals surface area contributed by atoms with E-state index < -0.39 is 0 Å². The molecule has 0 radical (unpaired) electrons. The van der Waals surface area contributed by atoms with Gasteiger partial charge in [-0.3, -0.25) is 9.59 Å². The van der Waals surface area contributed by atoms with Crippen LogP contribution in [0, 0.1) is 0 Å². The molecule has 2 aromatic carbocycles. The summed E-state index contributed by atoms with van der Waals surface area (Å²) in [6, 6.07) is 10.3. The number of rotatable bonds is 4. The zero-order valence-electron chi connectivity index (χ0n) is 13.9. The number of allylic oxidation sites excluding steroid dienone is 1. The fraction of sp³-hybridized carbons (Fsp3) is 0.200. The molecular weight excluding hydrogens is 304 g/mol. The average molecular weight is 322 g/mol. The quantitative estimate of drug-likeness (QED) is 0.403. The van der Waals surface area contributed by atoms with Gasteiger partial charge in [-0.05, 0) is 51.1 Å². The highest BCUT2D eigenvalue weighted by atomic mass is 16.5. The highest BCUT2D eigenvalue weighted by molar-refractivity contribution is 6.08. The maximum Gasteiger partial charge on any atom is 0.200 e. The van der Waals surface area contributed by atoms with Gasteiger partial charge in [0.25, 0.3) is 0 Å². The summed E-state index contributed by atoms with van der Waals surface area (Å²) < 4.78 is 11.6. The lowest BCUT2D eigenvalue weighted by atomic mass is 10.0. The van der Waals surface area contributed by atoms with Crippen LogP contribution in [0.2, 0.25) is 0 Å². The SMILES string of the molecule is CC(=O)c1c(OCC=C(C)C)ccc2c(=O)c3ccccc3oc12. The van der Waals surface area contributed by atoms with E-state index in [2.05, 4.69) is 0 Å². The third-order valence-corrected chi connectivity index (χ3v) is 3.79. The monoisotopic (exact) mass is 322 g/mol. The maximum atomic E-state index is 12.7. The van der Waals surface area contributed by atoms with Crippen LogP contribution in [0.5, 0.6) is 5.75 Å². The van der Waals surface area contributed by atoms with E-state index in [9.17, 15) is 9.59 Å². The van der Waals surface area contributed by atoms with Crippen molar-refractivity contribution in [1.82, 2.24) is 0 Å². The highest BCUT2D eigenvalue weighted by Crippen LogP contribution is 2.29. The molecule has 3 rings (SSSR count). The molecule has 4 heteroatoms. The van der Waals surface area contributed by atoms with E-state index in [0.717, 1.165) is 5.57 Å². The average Bonchev–Trinajstić information content (AvgIpc) is 2.54. The predicted octanol–water partition coefficient (Wildman–Crippen LogP) is 4.49. The summed E-state index contributed by atoms with van der Waals surface area (Å²) in [5, 5.41) is 0.881. The summed E-state index contributed by atoms with van der Waals surface area (Å²) in [4.78, 5) is 24.8. The summed E-state index contributed by atoms with van der Waals surface area (Å²) in [6.07, 6.45) is 1.92. The zero-order chi connectivity index (χ0) is 17.3. The maximum absolute atomic E-state index is 12.7. The van der Waals surface area contributed by atoms with Crippen molar-refractivity contribution in [1.29, 1.82) is 0 Å². The van der Waals surface area contributed by atoms with Crippen LogP contribution in [0.15, 0.2) is 57.3 Å². The molecule has 122 valence electrons. The lowest BCUT2D eigenvalue weighted by Crippen LogP contribution is -2.07. The Kier molecular flexibility index (Phi) is 4.21. The van der Waals surface area contributed by atoms with Crippen molar-refractivity contribution >= 4 is 27.7 Å². The number of para-hydroxylation sites is 1. The first-order chi connectivity index (χ1) is 11.5. The van der Waals surface area contributed by atoms with Crippen molar-refractivity contribution in [2.24, 2.45) is 0 Å². The fourth-order valence-corrected chi connectivity index (χ4v) is 2.60. The first-order valence-corrected chi connectivity index (χ1v) is 7.74. The van der Waals surface area contributed by atoms with Gasteiger partial charge in [-0.15, -0.1) is 0 Å². The van der Waals surface area contributed by atoms with Gasteiger partial charge in [0, 0.05) is 0 Å². The molecule has 1 heterocycles. The minimum Gasteiger partial charge on any atom is -0.489 e. The number of ketones is 1. The third kappa shape index (κ3) is 2.83. The Balaban J connectivity index is 2.27. The topological polar surface area (TPSA) is 56.5 Å². The number of benzene rings is 2. The minimum atomic E-state index is -0.203. The van der Waals surface area contributed by atoms with E-state index in [1.807, 2.05) is 19.9 Å². The Morgan fingerprint density at radius 2 is 1.83 bits per heavy atom. The standard InChI is InChI=1S/C20H18O4/c1-12(2)10-11-23-17-9-8-15-19(22)14-6-4-5-7-16(14)24-20(15)18(17)13(3)21/h4-10H,11H2,1-3H3. The molecular formula is C20H18O4. The number of carbonyl (C=O) groups is 1. The molecule has 24 heavy (non-hydrogen) atoms. The van der Waals surface area contributed by atoms with E-state index in [-0.39, 0.29) is 16.8 Å². The molecule has 0 amide bonds. The van der Waals surface area contributed by atoms with Crippen LogP contribution in [0.3, 0.4) is 0 Å². The van der Waals surface area contributed by atoms with Gasteiger partial charge in [-0.1, -0.05) is 17.7 Å². The number of ether oxygens (including phenoxy) is 1. The molecule has 0 saturated carbocycles. The molecule has 0 aliphatic heterocycles. The van der Waals surface area contributed by atoms with E-state index in [1.54, 1.807) is 36.4 Å². The largest absolute Gasteiger partial charge is 0.489 e. The molecule has 0 unspecified atom stereocenters. The molecule has 0 aliphatic rings. The number of hydrogen-bond acceptors (Lipinski definition) is 4. The molecule has 0 spiro atoms. The lowest BCUT2D eigenvalue weighted by molar-refractivity contribution is 0.101. The van der Waals surface area contributed by atoms with Crippen molar-refractivity contribution in [3.8, 4) is 5.75 Å². The zero-order valence-corrected chi connectivity index (χ0v) is 13.9. The van der Waals surface area contributed by atoms with Crippen LogP contribution in [0.25, 0.3) is 21.9 Å². The van der Waals surface area contributed by atoms with E-state index in [0.29, 0.717) is 34.3 Å². The smallest absolute Gasteiger partial charge is 0.200 e. The van der Waals surface area contributed by atoms with Gasteiger partial charge >= 0.3 is 0 Å². The van der Waals surface area contributed by atoms with Gasteiger partial charge in [0.2, 0.25) is 5.43 Å². The van der Waals surface area contributed by atoms with Crippen LogP contribution in [-0.4, -0.2) is 12.4 Å². The van der Waals surface area contributed by atoms with Crippen LogP contribution in [0.4, 0.5) is 0 Å². The Hall–Kier alpha value is -2.88. The molecule has 1 aromatic heterocycles. The van der Waals surface area contributed by atoms with Crippen LogP contribution in [0.1, 0.15) is 31.1 Å². The Labute approximate surface area is 139 Å². The second kappa shape index (κ2) is 6.32. The highest BCUT2D eigenvalue weighted by Gasteiger charge is 2.18. The summed E-state index contributed by atoms with van der Waals surface area (Å²) >= 11 is 0. The molecule has 0 fully saturated rings. The predicted molar refractivity (Wildman–Crippen MR) is 94.9 cm³/mol. The van der Waals surface area contributed by atoms with Crippen molar-refractivity contribution in [2.75, 3.05) is 6.61 Å². The molecule has 0 atom stereocenters. The van der Waals surface area contributed by atoms with Gasteiger partial charge in [0.05, 0.1) is 10.8 Å². The van der Waals surface area contributed by atoms with E-state index in [1.165, 1.54) is 6.92 Å². The lowest BCUT2D eigenvalue weighted by Gasteiger charge is -2.11. The van der Waals surface area contributed by atoms with Crippen molar-refractivity contribution < 1.29 is 13.9 Å². The number of Topliss-reactive ketones (excluding diaryl/α,β-unsaturated/α-hetero) is 1. The third-order valence-electron chi connectivity index (χ3n) is 3.79. The van der Waals surface area contributed by atoms with Gasteiger partial charge in [0.1, 0.15) is 23.5 Å². The second-order valence-electron chi connectivity index (χ2n) is 5.89. The molecule has 0 saturated heterocycles. The van der Waals surface area contributed by atoms with Gasteiger partial charge in [-0.25, -0.2) is 0 Å². The molecule has 0 aliphatic carbocycles. The molecule has 3 aromatic rings. The van der Waals surface area contributed by atoms with Crippen LogP contribution < -0.4 is 10.2 Å². The van der Waals surface area contributed by atoms with E-state index >= 15 is 0 Å². The van der Waals surface area contributed by atoms with Crippen LogP contribution in [-0.2, 0) is 0 Å². The second-order valence-corrected chi connectivity index (χ2v) is 5.89. The fourth-order valence-electron chi connectivity index (χ4n) is 2.60. The normalized spacial score (nSPS) is 10.8. The number of fused-ring (bicyclic) bond motifs is 2. The van der Waals surface area contributed by atoms with E-state index in [4.69, 9.17) is 9.15 Å².